The van der Waals surface area contributed by atoms with Crippen LogP contribution in [0, 0.1) is 0 Å². The third-order valence-corrected chi connectivity index (χ3v) is 6.11. The molecule has 1 aromatic heterocycles. The molecule has 0 unspecified atom stereocenters. The summed E-state index contributed by atoms with van der Waals surface area (Å²) in [6.07, 6.45) is 0. The number of amides is 1. The van der Waals surface area contributed by atoms with Gasteiger partial charge in [0.25, 0.3) is 0 Å². The molecule has 0 spiro atoms. The number of nitrogens with zero attached hydrogens (tertiary/aromatic N) is 2. The van der Waals surface area contributed by atoms with E-state index < -0.39 is 0 Å². The third-order valence-electron chi connectivity index (χ3n) is 3.33. The van der Waals surface area contributed by atoms with Gasteiger partial charge in [-0.3, -0.25) is 4.79 Å². The van der Waals surface area contributed by atoms with Crippen molar-refractivity contribution in [3.8, 4) is 5.75 Å². The number of ether oxygens (including phenoxy) is 1. The van der Waals surface area contributed by atoms with Crippen LogP contribution in [0.15, 0.2) is 40.7 Å². The molecule has 0 aliphatic rings. The van der Waals surface area contributed by atoms with Crippen LogP contribution in [0.4, 0.5) is 16.5 Å². The van der Waals surface area contributed by atoms with Gasteiger partial charge in [-0.25, -0.2) is 0 Å². The van der Waals surface area contributed by atoms with Gasteiger partial charge >= 0.3 is 0 Å². The van der Waals surface area contributed by atoms with Crippen molar-refractivity contribution in [1.29, 1.82) is 0 Å². The van der Waals surface area contributed by atoms with E-state index in [4.69, 9.17) is 39.5 Å². The lowest BCUT2D eigenvalue weighted by atomic mass is 10.3. The summed E-state index contributed by atoms with van der Waals surface area (Å²) in [5.41, 5.74) is 1.16. The summed E-state index contributed by atoms with van der Waals surface area (Å²) >= 11 is 20.6. The number of benzene rings is 2. The molecular weight excluding hydrogens is 463 g/mol. The SMILES string of the molecule is COc1cccc(Nc2nnc(SCC(=O)Nc3c(Cl)cc(Cl)cc3Cl)s2)c1. The Kier molecular flexibility index (Phi) is 7.25. The van der Waals surface area contributed by atoms with Crippen molar-refractivity contribution in [1.82, 2.24) is 10.2 Å². The van der Waals surface area contributed by atoms with Gasteiger partial charge in [0, 0.05) is 16.8 Å². The third kappa shape index (κ3) is 5.65. The second-order valence-electron chi connectivity index (χ2n) is 5.31. The molecule has 3 rings (SSSR count). The van der Waals surface area contributed by atoms with Crippen LogP contribution in [0.1, 0.15) is 0 Å². The normalized spacial score (nSPS) is 10.6. The largest absolute Gasteiger partial charge is 0.497 e. The molecule has 0 aliphatic heterocycles. The Hall–Kier alpha value is -1.71. The number of thioether (sulfide) groups is 1. The lowest BCUT2D eigenvalue weighted by molar-refractivity contribution is -0.113. The maximum Gasteiger partial charge on any atom is 0.234 e. The molecule has 11 heteroatoms. The molecule has 0 radical (unpaired) electrons. The van der Waals surface area contributed by atoms with Gasteiger partial charge in [0.1, 0.15) is 5.75 Å². The summed E-state index contributed by atoms with van der Waals surface area (Å²) in [6.45, 7) is 0. The van der Waals surface area contributed by atoms with E-state index >= 15 is 0 Å². The van der Waals surface area contributed by atoms with Gasteiger partial charge in [-0.05, 0) is 24.3 Å². The van der Waals surface area contributed by atoms with Gasteiger partial charge in [0.15, 0.2) is 4.34 Å². The Labute approximate surface area is 184 Å². The minimum absolute atomic E-state index is 0.128. The molecular formula is C17H13Cl3N4O2S2. The monoisotopic (exact) mass is 474 g/mol. The van der Waals surface area contributed by atoms with Crippen LogP contribution in [-0.2, 0) is 4.79 Å². The maximum absolute atomic E-state index is 12.2. The highest BCUT2D eigenvalue weighted by atomic mass is 35.5. The number of hydrogen-bond acceptors (Lipinski definition) is 7. The van der Waals surface area contributed by atoms with Crippen molar-refractivity contribution in [3.05, 3.63) is 51.5 Å². The fourth-order valence-corrected chi connectivity index (χ4v) is 4.59. The zero-order valence-corrected chi connectivity index (χ0v) is 18.2. The lowest BCUT2D eigenvalue weighted by Crippen LogP contribution is -2.14. The highest BCUT2D eigenvalue weighted by Gasteiger charge is 2.13. The molecule has 6 nitrogen and oxygen atoms in total. The first-order valence-corrected chi connectivity index (χ1v) is 10.7. The fourth-order valence-electron chi connectivity index (χ4n) is 2.11. The van der Waals surface area contributed by atoms with Crippen LogP contribution in [0.2, 0.25) is 15.1 Å². The molecule has 1 amide bonds. The number of rotatable bonds is 7. The second-order valence-corrected chi connectivity index (χ2v) is 8.76. The Morgan fingerprint density at radius 3 is 2.64 bits per heavy atom. The van der Waals surface area contributed by atoms with E-state index in [2.05, 4.69) is 20.8 Å². The molecule has 2 aromatic carbocycles. The Balaban J connectivity index is 1.56. The van der Waals surface area contributed by atoms with Gasteiger partial charge in [-0.2, -0.15) is 0 Å². The van der Waals surface area contributed by atoms with Crippen LogP contribution in [0.3, 0.4) is 0 Å². The summed E-state index contributed by atoms with van der Waals surface area (Å²) in [6, 6.07) is 10.5. The van der Waals surface area contributed by atoms with E-state index in [0.717, 1.165) is 11.4 Å². The topological polar surface area (TPSA) is 76.1 Å². The fraction of sp³-hybridized carbons (Fsp3) is 0.118. The highest BCUT2D eigenvalue weighted by Crippen LogP contribution is 2.34. The van der Waals surface area contributed by atoms with Crippen LogP contribution in [-0.4, -0.2) is 29.0 Å². The molecule has 0 aliphatic carbocycles. The summed E-state index contributed by atoms with van der Waals surface area (Å²) in [5.74, 6) is 0.595. The molecule has 0 atom stereocenters. The van der Waals surface area contributed by atoms with Crippen LogP contribution in [0.5, 0.6) is 5.75 Å². The molecule has 0 fully saturated rings. The van der Waals surface area contributed by atoms with Gasteiger partial charge in [-0.1, -0.05) is 64.0 Å². The smallest absolute Gasteiger partial charge is 0.234 e. The summed E-state index contributed by atoms with van der Waals surface area (Å²) in [5, 5.41) is 15.5. The minimum Gasteiger partial charge on any atom is -0.497 e. The zero-order valence-electron chi connectivity index (χ0n) is 14.3. The van der Waals surface area contributed by atoms with Crippen LogP contribution in [0.25, 0.3) is 0 Å². The zero-order chi connectivity index (χ0) is 20.1. The van der Waals surface area contributed by atoms with Gasteiger partial charge in [-0.15, -0.1) is 10.2 Å². The van der Waals surface area contributed by atoms with E-state index in [1.165, 1.54) is 35.2 Å². The van der Waals surface area contributed by atoms with E-state index in [1.54, 1.807) is 7.11 Å². The number of nitrogens with one attached hydrogen (secondary N) is 2. The minimum atomic E-state index is -0.270. The molecule has 28 heavy (non-hydrogen) atoms. The van der Waals surface area contributed by atoms with Crippen molar-refractivity contribution in [2.75, 3.05) is 23.5 Å². The standard InChI is InChI=1S/C17H13Cl3N4O2S2/c1-26-11-4-2-3-10(7-11)21-16-23-24-17(28-16)27-8-14(25)22-15-12(19)5-9(18)6-13(15)20/h2-7H,8H2,1H3,(H,21,23)(H,22,25). The quantitative estimate of drug-likeness (QED) is 0.409. The summed E-state index contributed by atoms with van der Waals surface area (Å²) < 4.78 is 5.83. The number of carbonyl (C=O) groups excluding carboxylic acids is 1. The lowest BCUT2D eigenvalue weighted by Gasteiger charge is -2.09. The van der Waals surface area contributed by atoms with E-state index in [-0.39, 0.29) is 21.7 Å². The number of methoxy groups -OCH3 is 1. The summed E-state index contributed by atoms with van der Waals surface area (Å²) in [4.78, 5) is 12.2. The molecule has 0 saturated heterocycles. The number of anilines is 3. The van der Waals surface area contributed by atoms with Crippen LogP contribution >= 0.6 is 57.9 Å². The van der Waals surface area contributed by atoms with Crippen molar-refractivity contribution in [2.24, 2.45) is 0 Å². The Morgan fingerprint density at radius 2 is 1.93 bits per heavy atom. The summed E-state index contributed by atoms with van der Waals surface area (Å²) in [7, 11) is 1.61. The van der Waals surface area contributed by atoms with E-state index in [9.17, 15) is 4.79 Å². The Morgan fingerprint density at radius 1 is 1.18 bits per heavy atom. The van der Waals surface area contributed by atoms with Crippen molar-refractivity contribution in [2.45, 2.75) is 4.34 Å². The molecule has 2 N–H and O–H groups in total. The molecule has 146 valence electrons. The van der Waals surface area contributed by atoms with Gasteiger partial charge in [0.2, 0.25) is 11.0 Å². The molecule has 0 saturated carbocycles. The number of carbonyl (C=O) groups is 1. The number of halogens is 3. The number of aromatic nitrogens is 2. The maximum atomic E-state index is 12.2. The highest BCUT2D eigenvalue weighted by molar-refractivity contribution is 8.01. The number of hydrogen-bond donors (Lipinski definition) is 2. The molecule has 3 aromatic rings. The van der Waals surface area contributed by atoms with Gasteiger partial charge < -0.3 is 15.4 Å². The van der Waals surface area contributed by atoms with Crippen molar-refractivity contribution >= 4 is 80.3 Å². The van der Waals surface area contributed by atoms with Crippen molar-refractivity contribution in [3.63, 3.8) is 0 Å². The first kappa shape index (κ1) is 21.0. The molecule has 1 heterocycles. The average Bonchev–Trinajstić information content (AvgIpc) is 3.10. The second kappa shape index (κ2) is 9.67. The Bertz CT molecular complexity index is 977. The predicted octanol–water partition coefficient (Wildman–Crippen LogP) is 5.98. The van der Waals surface area contributed by atoms with E-state index in [1.807, 2.05) is 24.3 Å². The molecule has 0 bridgehead atoms. The first-order chi connectivity index (χ1) is 13.4. The van der Waals surface area contributed by atoms with Crippen LogP contribution < -0.4 is 15.4 Å². The van der Waals surface area contributed by atoms with Gasteiger partial charge in [0.05, 0.1) is 28.6 Å². The predicted molar refractivity (Wildman–Crippen MR) is 117 cm³/mol. The van der Waals surface area contributed by atoms with E-state index in [0.29, 0.717) is 20.2 Å². The first-order valence-electron chi connectivity index (χ1n) is 7.76. The average molecular weight is 476 g/mol. The van der Waals surface area contributed by atoms with Crippen molar-refractivity contribution < 1.29 is 9.53 Å².